The van der Waals surface area contributed by atoms with Crippen molar-refractivity contribution < 1.29 is 18.9 Å². The van der Waals surface area contributed by atoms with Gasteiger partial charge in [0.15, 0.2) is 6.10 Å². The van der Waals surface area contributed by atoms with Crippen molar-refractivity contribution in [1.29, 1.82) is 0 Å². The maximum atomic E-state index is 12.1. The highest BCUT2D eigenvalue weighted by Crippen LogP contribution is 2.26. The van der Waals surface area contributed by atoms with Crippen LogP contribution < -0.4 is 0 Å². The zero-order chi connectivity index (χ0) is 18.0. The molecule has 9 heteroatoms. The summed E-state index contributed by atoms with van der Waals surface area (Å²) >= 11 is 1.30. The van der Waals surface area contributed by atoms with Crippen molar-refractivity contribution in [3.63, 3.8) is 0 Å². The lowest BCUT2D eigenvalue weighted by molar-refractivity contribution is -0.384. The molecule has 0 saturated heterocycles. The first-order chi connectivity index (χ1) is 12.0. The van der Waals surface area contributed by atoms with Crippen molar-refractivity contribution in [2.75, 3.05) is 0 Å². The summed E-state index contributed by atoms with van der Waals surface area (Å²) in [6, 6.07) is 7.57. The molecule has 0 bridgehead atoms. The van der Waals surface area contributed by atoms with E-state index in [4.69, 9.17) is 9.15 Å². The molecule has 0 amide bonds. The smallest absolute Gasteiger partial charge is 0.349 e. The maximum Gasteiger partial charge on any atom is 0.349 e. The molecule has 2 aromatic heterocycles. The van der Waals surface area contributed by atoms with E-state index in [2.05, 4.69) is 10.2 Å². The van der Waals surface area contributed by atoms with Gasteiger partial charge in [-0.15, -0.1) is 21.5 Å². The molecule has 3 rings (SSSR count). The lowest BCUT2D eigenvalue weighted by Gasteiger charge is -2.08. The number of nitrogens with zero attached hydrogens (tertiary/aromatic N) is 3. The number of aromatic nitrogens is 2. The van der Waals surface area contributed by atoms with E-state index in [0.717, 1.165) is 5.56 Å². The van der Waals surface area contributed by atoms with Gasteiger partial charge in [0, 0.05) is 17.7 Å². The topological polar surface area (TPSA) is 108 Å². The Morgan fingerprint density at radius 3 is 2.60 bits per heavy atom. The Bertz CT molecular complexity index is 916. The van der Waals surface area contributed by atoms with Gasteiger partial charge >= 0.3 is 5.97 Å². The number of nitro groups is 1. The van der Waals surface area contributed by atoms with E-state index in [1.807, 2.05) is 18.4 Å². The van der Waals surface area contributed by atoms with Crippen molar-refractivity contribution in [2.24, 2.45) is 0 Å². The molecular weight excluding hydrogens is 346 g/mol. The fraction of sp³-hybridized carbons (Fsp3) is 0.188. The number of aryl methyl sites for hydroxylation is 1. The first-order valence-corrected chi connectivity index (χ1v) is 8.17. The largest absolute Gasteiger partial charge is 0.448 e. The van der Waals surface area contributed by atoms with Crippen LogP contribution in [0.5, 0.6) is 0 Å². The van der Waals surface area contributed by atoms with Crippen LogP contribution in [0.2, 0.25) is 0 Å². The maximum absolute atomic E-state index is 12.1. The normalized spacial score (nSPS) is 11.9. The Morgan fingerprint density at radius 2 is 2.00 bits per heavy atom. The minimum absolute atomic E-state index is 0.0305. The highest BCUT2D eigenvalue weighted by Gasteiger charge is 2.21. The Kier molecular flexibility index (Phi) is 4.57. The zero-order valence-corrected chi connectivity index (χ0v) is 14.1. The molecule has 128 valence electrons. The van der Waals surface area contributed by atoms with Gasteiger partial charge in [0.25, 0.3) is 11.6 Å². The van der Waals surface area contributed by atoms with Crippen molar-refractivity contribution in [3.05, 3.63) is 62.2 Å². The van der Waals surface area contributed by atoms with Gasteiger partial charge in [0.2, 0.25) is 5.89 Å². The number of hydrogen-bond donors (Lipinski definition) is 0. The Labute approximate surface area is 146 Å². The fourth-order valence-corrected chi connectivity index (χ4v) is 2.89. The molecule has 1 atom stereocenters. The molecule has 1 aromatic carbocycles. The Balaban J connectivity index is 1.73. The second-order valence-electron chi connectivity index (χ2n) is 5.23. The minimum Gasteiger partial charge on any atom is -0.448 e. The van der Waals surface area contributed by atoms with Crippen LogP contribution in [0.4, 0.5) is 5.69 Å². The molecule has 0 saturated carbocycles. The third kappa shape index (κ3) is 3.56. The number of thiophene rings is 1. The van der Waals surface area contributed by atoms with Crippen LogP contribution in [0.25, 0.3) is 11.5 Å². The lowest BCUT2D eigenvalue weighted by Crippen LogP contribution is -2.09. The van der Waals surface area contributed by atoms with Crippen molar-refractivity contribution in [2.45, 2.75) is 20.0 Å². The van der Waals surface area contributed by atoms with E-state index in [-0.39, 0.29) is 17.5 Å². The number of ether oxygens (including phenoxy) is 1. The number of carbonyl (C=O) groups excluding carboxylic acids is 1. The second kappa shape index (κ2) is 6.81. The van der Waals surface area contributed by atoms with Gasteiger partial charge in [-0.2, -0.15) is 0 Å². The number of esters is 1. The highest BCUT2D eigenvalue weighted by molar-refractivity contribution is 7.12. The molecule has 0 aliphatic rings. The molecule has 3 aromatic rings. The average Bonchev–Trinajstić information content (AvgIpc) is 3.24. The molecule has 0 spiro atoms. The zero-order valence-electron chi connectivity index (χ0n) is 13.3. The van der Waals surface area contributed by atoms with Crippen LogP contribution in [0, 0.1) is 17.0 Å². The molecule has 0 radical (unpaired) electrons. The third-order valence-corrected chi connectivity index (χ3v) is 4.44. The summed E-state index contributed by atoms with van der Waals surface area (Å²) in [5.74, 6) is -0.105. The van der Waals surface area contributed by atoms with Crippen LogP contribution in [-0.2, 0) is 4.74 Å². The predicted molar refractivity (Wildman–Crippen MR) is 89.3 cm³/mol. The highest BCUT2D eigenvalue weighted by atomic mass is 32.1. The number of benzene rings is 1. The van der Waals surface area contributed by atoms with Crippen LogP contribution in [0.3, 0.4) is 0 Å². The summed E-state index contributed by atoms with van der Waals surface area (Å²) < 4.78 is 10.9. The summed E-state index contributed by atoms with van der Waals surface area (Å²) in [6.45, 7) is 3.46. The van der Waals surface area contributed by atoms with Gasteiger partial charge in [0.1, 0.15) is 4.88 Å². The van der Waals surface area contributed by atoms with Crippen molar-refractivity contribution in [1.82, 2.24) is 10.2 Å². The van der Waals surface area contributed by atoms with Crippen molar-refractivity contribution in [3.8, 4) is 11.5 Å². The number of non-ortho nitro benzene ring substituents is 1. The van der Waals surface area contributed by atoms with Crippen LogP contribution in [0.15, 0.2) is 40.1 Å². The number of hydrogen-bond acceptors (Lipinski definition) is 8. The van der Waals surface area contributed by atoms with Gasteiger partial charge < -0.3 is 9.15 Å². The van der Waals surface area contributed by atoms with Crippen molar-refractivity contribution >= 4 is 23.0 Å². The molecule has 8 nitrogen and oxygen atoms in total. The Morgan fingerprint density at radius 1 is 1.28 bits per heavy atom. The lowest BCUT2D eigenvalue weighted by atomic mass is 10.2. The standard InChI is InChI=1S/C16H13N3O5S/c1-9-7-8-25-13(9)16(20)23-10(2)14-17-18-15(24-14)11-3-5-12(6-4-11)19(21)22/h3-8,10H,1-2H3/t10-/m1/s1. The summed E-state index contributed by atoms with van der Waals surface area (Å²) in [7, 11) is 0. The molecule has 0 N–H and O–H groups in total. The molecule has 25 heavy (non-hydrogen) atoms. The van der Waals surface area contributed by atoms with Gasteiger partial charge in [-0.05, 0) is 43.0 Å². The van der Waals surface area contributed by atoms with E-state index in [9.17, 15) is 14.9 Å². The summed E-state index contributed by atoms with van der Waals surface area (Å²) in [5.41, 5.74) is 1.35. The van der Waals surface area contributed by atoms with Gasteiger partial charge in [-0.1, -0.05) is 0 Å². The van der Waals surface area contributed by atoms with Gasteiger partial charge in [0.05, 0.1) is 4.92 Å². The number of nitro benzene ring substituents is 1. The molecular formula is C16H13N3O5S. The number of rotatable bonds is 5. The monoisotopic (exact) mass is 359 g/mol. The van der Waals surface area contributed by atoms with Gasteiger partial charge in [-0.3, -0.25) is 10.1 Å². The van der Waals surface area contributed by atoms with E-state index >= 15 is 0 Å². The van der Waals surface area contributed by atoms with E-state index in [0.29, 0.717) is 10.4 Å². The summed E-state index contributed by atoms with van der Waals surface area (Å²) in [4.78, 5) is 22.8. The van der Waals surface area contributed by atoms with E-state index in [1.165, 1.54) is 35.6 Å². The van der Waals surface area contributed by atoms with Crippen LogP contribution in [-0.4, -0.2) is 21.1 Å². The molecule has 2 heterocycles. The fourth-order valence-electron chi connectivity index (χ4n) is 2.09. The average molecular weight is 359 g/mol. The third-order valence-electron chi connectivity index (χ3n) is 3.44. The quantitative estimate of drug-likeness (QED) is 0.386. The first kappa shape index (κ1) is 16.8. The molecule has 0 fully saturated rings. The van der Waals surface area contributed by atoms with Crippen LogP contribution in [0.1, 0.15) is 34.2 Å². The van der Waals surface area contributed by atoms with Crippen LogP contribution >= 0.6 is 11.3 Å². The first-order valence-electron chi connectivity index (χ1n) is 7.29. The van der Waals surface area contributed by atoms with E-state index < -0.39 is 17.0 Å². The van der Waals surface area contributed by atoms with Gasteiger partial charge in [-0.25, -0.2) is 4.79 Å². The second-order valence-corrected chi connectivity index (χ2v) is 6.15. The minimum atomic E-state index is -0.715. The molecule has 0 unspecified atom stereocenters. The Hall–Kier alpha value is -3.07. The summed E-state index contributed by atoms with van der Waals surface area (Å²) in [6.07, 6.45) is -0.715. The van der Waals surface area contributed by atoms with E-state index in [1.54, 1.807) is 6.92 Å². The SMILES string of the molecule is Cc1ccsc1C(=O)O[C@H](C)c1nnc(-c2ccc([N+](=O)[O-])cc2)o1. The molecule has 0 aliphatic carbocycles. The number of carbonyl (C=O) groups is 1. The molecule has 0 aliphatic heterocycles. The summed E-state index contributed by atoms with van der Waals surface area (Å²) in [5, 5.41) is 20.3. The predicted octanol–water partition coefficient (Wildman–Crippen LogP) is 3.93.